The molecule has 0 fully saturated rings. The van der Waals surface area contributed by atoms with Gasteiger partial charge in [0.25, 0.3) is 5.91 Å². The maximum Gasteiger partial charge on any atom is 0.265 e. The molecule has 1 amide bonds. The molecule has 6 heteroatoms. The lowest BCUT2D eigenvalue weighted by atomic mass is 10.2. The smallest absolute Gasteiger partial charge is 0.265 e. The number of rotatable bonds is 5. The Morgan fingerprint density at radius 3 is 2.68 bits per heavy atom. The summed E-state index contributed by atoms with van der Waals surface area (Å²) in [4.78, 5) is 12.3. The van der Waals surface area contributed by atoms with E-state index in [4.69, 9.17) is 27.9 Å². The van der Waals surface area contributed by atoms with Crippen molar-refractivity contribution < 1.29 is 9.53 Å². The van der Waals surface area contributed by atoms with Crippen LogP contribution in [-0.4, -0.2) is 12.0 Å². The lowest BCUT2D eigenvalue weighted by Gasteiger charge is -2.17. The summed E-state index contributed by atoms with van der Waals surface area (Å²) in [6, 6.07) is 12.2. The maximum atomic E-state index is 12.3. The average molecular weight is 403 g/mol. The van der Waals surface area contributed by atoms with Crippen molar-refractivity contribution in [3.8, 4) is 5.75 Å². The number of halogens is 3. The average Bonchev–Trinajstić information content (AvgIpc) is 2.48. The van der Waals surface area contributed by atoms with Gasteiger partial charge >= 0.3 is 0 Å². The Morgan fingerprint density at radius 2 is 2.05 bits per heavy atom. The Labute approximate surface area is 147 Å². The first-order chi connectivity index (χ1) is 10.5. The van der Waals surface area contributed by atoms with Crippen molar-refractivity contribution in [2.24, 2.45) is 0 Å². The molecule has 0 saturated heterocycles. The largest absolute Gasteiger partial charge is 0.481 e. The predicted molar refractivity (Wildman–Crippen MR) is 93.9 cm³/mol. The molecule has 1 atom stereocenters. The van der Waals surface area contributed by atoms with Gasteiger partial charge < -0.3 is 10.1 Å². The highest BCUT2D eigenvalue weighted by Crippen LogP contribution is 2.26. The summed E-state index contributed by atoms with van der Waals surface area (Å²) in [6.45, 7) is 1.88. The predicted octanol–water partition coefficient (Wildman–Crippen LogP) is 5.55. The lowest BCUT2D eigenvalue weighted by Crippen LogP contribution is -2.32. The molecular formula is C16H14BrCl2NO2. The van der Waals surface area contributed by atoms with Gasteiger partial charge in [-0.2, -0.15) is 0 Å². The van der Waals surface area contributed by atoms with E-state index in [1.54, 1.807) is 42.5 Å². The van der Waals surface area contributed by atoms with Gasteiger partial charge in [0.2, 0.25) is 0 Å². The second kappa shape index (κ2) is 7.86. The number of benzene rings is 2. The normalized spacial score (nSPS) is 11.8. The minimum Gasteiger partial charge on any atom is -0.481 e. The Balaban J connectivity index is 2.06. The molecule has 2 rings (SSSR count). The topological polar surface area (TPSA) is 38.3 Å². The SMILES string of the molecule is CCC(Oc1cccc(Cl)c1)C(=O)Nc1ccc(Br)c(Cl)c1. The van der Waals surface area contributed by atoms with E-state index >= 15 is 0 Å². The van der Waals surface area contributed by atoms with Crippen molar-refractivity contribution in [3.63, 3.8) is 0 Å². The van der Waals surface area contributed by atoms with E-state index in [2.05, 4.69) is 21.2 Å². The third-order valence-corrected chi connectivity index (χ3v) is 4.39. The molecule has 0 spiro atoms. The molecule has 0 bridgehead atoms. The molecule has 0 saturated carbocycles. The quantitative estimate of drug-likeness (QED) is 0.711. The first-order valence-corrected chi connectivity index (χ1v) is 8.22. The second-order valence-corrected chi connectivity index (χ2v) is 6.29. The number of amides is 1. The van der Waals surface area contributed by atoms with Crippen LogP contribution in [0.2, 0.25) is 10.0 Å². The summed E-state index contributed by atoms with van der Waals surface area (Å²) in [5.41, 5.74) is 0.617. The van der Waals surface area contributed by atoms with Crippen molar-refractivity contribution in [3.05, 3.63) is 57.0 Å². The fraction of sp³-hybridized carbons (Fsp3) is 0.188. The van der Waals surface area contributed by atoms with Crippen LogP contribution in [0.1, 0.15) is 13.3 Å². The molecule has 1 N–H and O–H groups in total. The van der Waals surface area contributed by atoms with Crippen LogP contribution in [0.25, 0.3) is 0 Å². The number of hydrogen-bond acceptors (Lipinski definition) is 2. The third-order valence-electron chi connectivity index (χ3n) is 2.92. The van der Waals surface area contributed by atoms with Crippen LogP contribution in [0.5, 0.6) is 5.75 Å². The van der Waals surface area contributed by atoms with Gasteiger partial charge in [0.15, 0.2) is 6.10 Å². The van der Waals surface area contributed by atoms with Gasteiger partial charge in [0.1, 0.15) is 5.75 Å². The molecule has 0 aromatic heterocycles. The number of ether oxygens (including phenoxy) is 1. The molecule has 0 aliphatic heterocycles. The number of nitrogens with one attached hydrogen (secondary N) is 1. The van der Waals surface area contributed by atoms with Crippen LogP contribution in [-0.2, 0) is 4.79 Å². The summed E-state index contributed by atoms with van der Waals surface area (Å²) in [7, 11) is 0. The number of carbonyl (C=O) groups is 1. The molecule has 0 heterocycles. The molecule has 2 aromatic carbocycles. The van der Waals surface area contributed by atoms with Gasteiger partial charge in [0.05, 0.1) is 5.02 Å². The van der Waals surface area contributed by atoms with E-state index in [0.717, 1.165) is 4.47 Å². The third kappa shape index (κ3) is 4.63. The zero-order valence-electron chi connectivity index (χ0n) is 11.8. The van der Waals surface area contributed by atoms with Crippen LogP contribution in [0, 0.1) is 0 Å². The van der Waals surface area contributed by atoms with Gasteiger partial charge in [-0.25, -0.2) is 0 Å². The van der Waals surface area contributed by atoms with Crippen molar-refractivity contribution in [2.75, 3.05) is 5.32 Å². The van der Waals surface area contributed by atoms with Crippen LogP contribution < -0.4 is 10.1 Å². The summed E-state index contributed by atoms with van der Waals surface area (Å²) >= 11 is 15.2. The second-order valence-electron chi connectivity index (χ2n) is 4.59. The van der Waals surface area contributed by atoms with Gasteiger partial charge in [-0.05, 0) is 58.7 Å². The standard InChI is InChI=1S/C16H14BrCl2NO2/c1-2-15(22-12-5-3-4-10(18)8-12)16(21)20-11-6-7-13(17)14(19)9-11/h3-9,15H,2H2,1H3,(H,20,21). The zero-order chi connectivity index (χ0) is 16.1. The van der Waals surface area contributed by atoms with E-state index in [9.17, 15) is 4.79 Å². The minimum atomic E-state index is -0.610. The summed E-state index contributed by atoms with van der Waals surface area (Å²) < 4.78 is 6.47. The Hall–Kier alpha value is -1.23. The van der Waals surface area contributed by atoms with E-state index in [1.807, 2.05) is 6.92 Å². The van der Waals surface area contributed by atoms with Crippen LogP contribution in [0.15, 0.2) is 46.9 Å². The van der Waals surface area contributed by atoms with E-state index in [1.165, 1.54) is 0 Å². The highest BCUT2D eigenvalue weighted by atomic mass is 79.9. The molecule has 0 radical (unpaired) electrons. The van der Waals surface area contributed by atoms with Crippen molar-refractivity contribution in [1.82, 2.24) is 0 Å². The molecule has 0 aliphatic carbocycles. The minimum absolute atomic E-state index is 0.235. The molecular weight excluding hydrogens is 389 g/mol. The maximum absolute atomic E-state index is 12.3. The van der Waals surface area contributed by atoms with Crippen LogP contribution >= 0.6 is 39.1 Å². The number of carbonyl (C=O) groups excluding carboxylic acids is 1. The summed E-state index contributed by atoms with van der Waals surface area (Å²) in [6.07, 6.45) is -0.0799. The molecule has 22 heavy (non-hydrogen) atoms. The van der Waals surface area contributed by atoms with Crippen LogP contribution in [0.4, 0.5) is 5.69 Å². The van der Waals surface area contributed by atoms with E-state index in [0.29, 0.717) is 27.9 Å². The zero-order valence-corrected chi connectivity index (χ0v) is 14.9. The Kier molecular flexibility index (Phi) is 6.12. The fourth-order valence-electron chi connectivity index (χ4n) is 1.82. The molecule has 116 valence electrons. The Morgan fingerprint density at radius 1 is 1.27 bits per heavy atom. The van der Waals surface area contributed by atoms with Gasteiger partial charge in [-0.3, -0.25) is 4.79 Å². The summed E-state index contributed by atoms with van der Waals surface area (Å²) in [5, 5.41) is 3.89. The fourth-order valence-corrected chi connectivity index (χ4v) is 2.43. The van der Waals surface area contributed by atoms with Crippen molar-refractivity contribution in [1.29, 1.82) is 0 Å². The lowest BCUT2D eigenvalue weighted by molar-refractivity contribution is -0.122. The molecule has 1 unspecified atom stereocenters. The van der Waals surface area contributed by atoms with Crippen molar-refractivity contribution >= 4 is 50.7 Å². The van der Waals surface area contributed by atoms with Gasteiger partial charge in [-0.15, -0.1) is 0 Å². The first kappa shape index (κ1) is 17.1. The van der Waals surface area contributed by atoms with E-state index in [-0.39, 0.29) is 5.91 Å². The number of anilines is 1. The Bertz CT molecular complexity index is 679. The van der Waals surface area contributed by atoms with Crippen molar-refractivity contribution in [2.45, 2.75) is 19.4 Å². The van der Waals surface area contributed by atoms with Gasteiger partial charge in [0, 0.05) is 15.2 Å². The van der Waals surface area contributed by atoms with Crippen LogP contribution in [0.3, 0.4) is 0 Å². The number of hydrogen-bond donors (Lipinski definition) is 1. The monoisotopic (exact) mass is 401 g/mol. The van der Waals surface area contributed by atoms with Gasteiger partial charge in [-0.1, -0.05) is 36.2 Å². The highest BCUT2D eigenvalue weighted by Gasteiger charge is 2.19. The van der Waals surface area contributed by atoms with E-state index < -0.39 is 6.10 Å². The molecule has 0 aliphatic rings. The molecule has 2 aromatic rings. The summed E-state index contributed by atoms with van der Waals surface area (Å²) in [5.74, 6) is 0.323. The first-order valence-electron chi connectivity index (χ1n) is 6.67. The molecule has 3 nitrogen and oxygen atoms in total. The highest BCUT2D eigenvalue weighted by molar-refractivity contribution is 9.10.